The summed E-state index contributed by atoms with van der Waals surface area (Å²) >= 11 is 1.52. The summed E-state index contributed by atoms with van der Waals surface area (Å²) in [5, 5.41) is 8.19. The first kappa shape index (κ1) is 13.3. The van der Waals surface area contributed by atoms with Crippen LogP contribution in [0, 0.1) is 0 Å². The summed E-state index contributed by atoms with van der Waals surface area (Å²) in [6.07, 6.45) is 3.49. The van der Waals surface area contributed by atoms with E-state index in [0.717, 1.165) is 5.03 Å². The molecule has 1 amide bonds. The van der Waals surface area contributed by atoms with E-state index in [4.69, 9.17) is 0 Å². The van der Waals surface area contributed by atoms with E-state index in [-0.39, 0.29) is 11.5 Å². The molecule has 6 nitrogen and oxygen atoms in total. The summed E-state index contributed by atoms with van der Waals surface area (Å²) < 4.78 is 1.31. The van der Waals surface area contributed by atoms with Gasteiger partial charge in [0.2, 0.25) is 5.91 Å². The molecule has 2 heterocycles. The Hall–Kier alpha value is -2.11. The first-order valence-corrected chi connectivity index (χ1v) is 6.46. The lowest BCUT2D eigenvalue weighted by atomic mass is 10.3. The first-order valence-electron chi connectivity index (χ1n) is 5.58. The number of aryl methyl sites for hydroxylation is 1. The lowest BCUT2D eigenvalue weighted by Gasteiger charge is -2.05. The Balaban J connectivity index is 2.42. The fourth-order valence-electron chi connectivity index (χ4n) is 1.58. The summed E-state index contributed by atoms with van der Waals surface area (Å²) in [4.78, 5) is 24.9. The molecule has 0 aromatic carbocycles. The summed E-state index contributed by atoms with van der Waals surface area (Å²) in [5.74, 6) is 0.143. The van der Waals surface area contributed by atoms with Crippen LogP contribution in [0.3, 0.4) is 0 Å². The highest BCUT2D eigenvalue weighted by molar-refractivity contribution is 8.06. The van der Waals surface area contributed by atoms with Crippen molar-refractivity contribution in [2.24, 2.45) is 7.05 Å². The Labute approximate surface area is 114 Å². The maximum atomic E-state index is 11.9. The third-order valence-electron chi connectivity index (χ3n) is 2.51. The molecular weight excluding hydrogens is 264 g/mol. The molecule has 0 saturated heterocycles. The number of amides is 1. The predicted octanol–water partition coefficient (Wildman–Crippen LogP) is 1.28. The van der Waals surface area contributed by atoms with Crippen molar-refractivity contribution in [2.75, 3.05) is 12.4 Å². The number of carbonyl (C=O) groups is 1. The van der Waals surface area contributed by atoms with E-state index < -0.39 is 0 Å². The Kier molecular flexibility index (Phi) is 3.69. The van der Waals surface area contributed by atoms with Gasteiger partial charge in [0.1, 0.15) is 10.8 Å². The van der Waals surface area contributed by atoms with Crippen LogP contribution in [-0.4, -0.2) is 27.6 Å². The highest BCUT2D eigenvalue weighted by Crippen LogP contribution is 2.26. The molecule has 0 fully saturated rings. The summed E-state index contributed by atoms with van der Waals surface area (Å²) in [7, 11) is 3.49. The molecule has 100 valence electrons. The molecule has 7 heteroatoms. The van der Waals surface area contributed by atoms with Crippen molar-refractivity contribution in [3.8, 4) is 0 Å². The Bertz CT molecular complexity index is 662. The quantitative estimate of drug-likeness (QED) is 0.799. The van der Waals surface area contributed by atoms with E-state index in [0.29, 0.717) is 11.4 Å². The second-order valence-electron chi connectivity index (χ2n) is 4.05. The molecule has 1 aliphatic rings. The van der Waals surface area contributed by atoms with Gasteiger partial charge in [-0.3, -0.25) is 19.4 Å². The van der Waals surface area contributed by atoms with Crippen LogP contribution in [0.25, 0.3) is 6.08 Å². The van der Waals surface area contributed by atoms with E-state index >= 15 is 0 Å². The van der Waals surface area contributed by atoms with E-state index in [1.165, 1.54) is 23.4 Å². The van der Waals surface area contributed by atoms with Crippen LogP contribution in [0.15, 0.2) is 27.2 Å². The highest BCUT2D eigenvalue weighted by atomic mass is 32.2. The number of H-pyrrole nitrogens is 1. The van der Waals surface area contributed by atoms with E-state index in [1.807, 2.05) is 23.6 Å². The highest BCUT2D eigenvalue weighted by Gasteiger charge is 2.11. The van der Waals surface area contributed by atoms with Crippen molar-refractivity contribution in [3.05, 3.63) is 38.3 Å². The Morgan fingerprint density at radius 1 is 1.53 bits per heavy atom. The average Bonchev–Trinajstić information content (AvgIpc) is 2.83. The van der Waals surface area contributed by atoms with Crippen molar-refractivity contribution >= 4 is 29.6 Å². The molecule has 2 N–H and O–H groups in total. The third kappa shape index (κ3) is 2.83. The average molecular weight is 278 g/mol. The molecule has 19 heavy (non-hydrogen) atoms. The molecule has 0 radical (unpaired) electrons. The largest absolute Gasteiger partial charge is 0.339 e. The number of aromatic nitrogens is 2. The van der Waals surface area contributed by atoms with Crippen LogP contribution in [0.2, 0.25) is 0 Å². The van der Waals surface area contributed by atoms with Crippen LogP contribution in [0.1, 0.15) is 12.5 Å². The molecule has 0 saturated carbocycles. The lowest BCUT2D eigenvalue weighted by Crippen LogP contribution is -2.13. The molecule has 1 aromatic heterocycles. The number of anilines is 1. The Morgan fingerprint density at radius 2 is 2.26 bits per heavy atom. The van der Waals surface area contributed by atoms with Gasteiger partial charge in [-0.05, 0) is 11.5 Å². The molecule has 0 unspecified atom stereocenters. The van der Waals surface area contributed by atoms with Crippen LogP contribution >= 0.6 is 11.8 Å². The smallest absolute Gasteiger partial charge is 0.276 e. The van der Waals surface area contributed by atoms with Gasteiger partial charge in [-0.15, -0.1) is 0 Å². The second-order valence-corrected chi connectivity index (χ2v) is 4.95. The van der Waals surface area contributed by atoms with Gasteiger partial charge < -0.3 is 10.2 Å². The van der Waals surface area contributed by atoms with Crippen LogP contribution in [0.5, 0.6) is 0 Å². The van der Waals surface area contributed by atoms with Gasteiger partial charge in [0.15, 0.2) is 0 Å². The monoisotopic (exact) mass is 278 g/mol. The molecule has 1 aliphatic heterocycles. The topological polar surface area (TPSA) is 70.1 Å². The van der Waals surface area contributed by atoms with Crippen molar-refractivity contribution in [3.63, 3.8) is 0 Å². The van der Waals surface area contributed by atoms with Crippen molar-refractivity contribution in [2.45, 2.75) is 6.92 Å². The number of nitrogens with zero attached hydrogens (tertiary/aromatic N) is 2. The maximum absolute atomic E-state index is 11.9. The van der Waals surface area contributed by atoms with Crippen LogP contribution < -0.4 is 10.9 Å². The number of aromatic amines is 1. The maximum Gasteiger partial charge on any atom is 0.276 e. The van der Waals surface area contributed by atoms with Crippen LogP contribution in [0.4, 0.5) is 5.82 Å². The van der Waals surface area contributed by atoms with E-state index in [2.05, 4.69) is 16.1 Å². The van der Waals surface area contributed by atoms with Gasteiger partial charge in [-0.25, -0.2) is 0 Å². The van der Waals surface area contributed by atoms with Gasteiger partial charge in [0.05, 0.1) is 5.56 Å². The van der Waals surface area contributed by atoms with Gasteiger partial charge in [-0.2, -0.15) is 0 Å². The van der Waals surface area contributed by atoms with Crippen molar-refractivity contribution in [1.29, 1.82) is 0 Å². The normalized spacial score (nSPS) is 13.6. The first-order chi connectivity index (χ1) is 8.99. The summed E-state index contributed by atoms with van der Waals surface area (Å²) in [5.41, 5.74) is 3.22. The SMILES string of the molecule is CC(=O)Nc1[nH]n(C)c(=O)c1C=C=C1SC=CN1C. The second kappa shape index (κ2) is 5.26. The minimum atomic E-state index is -0.238. The van der Waals surface area contributed by atoms with Gasteiger partial charge in [-0.1, -0.05) is 17.5 Å². The van der Waals surface area contributed by atoms with Crippen molar-refractivity contribution in [1.82, 2.24) is 14.7 Å². The minimum absolute atomic E-state index is 0.213. The molecule has 0 atom stereocenters. The zero-order chi connectivity index (χ0) is 14.0. The molecular formula is C12H14N4O2S. The van der Waals surface area contributed by atoms with E-state index in [1.54, 1.807) is 13.1 Å². The van der Waals surface area contributed by atoms with Crippen molar-refractivity contribution < 1.29 is 4.79 Å². The van der Waals surface area contributed by atoms with Crippen LogP contribution in [-0.2, 0) is 11.8 Å². The zero-order valence-electron chi connectivity index (χ0n) is 10.9. The molecule has 0 bridgehead atoms. The summed E-state index contributed by atoms with van der Waals surface area (Å²) in [6, 6.07) is 0. The molecule has 0 spiro atoms. The number of thioether (sulfide) groups is 1. The fourth-order valence-corrected chi connectivity index (χ4v) is 2.30. The zero-order valence-corrected chi connectivity index (χ0v) is 11.7. The molecule has 1 aromatic rings. The number of hydrogen-bond donors (Lipinski definition) is 2. The lowest BCUT2D eigenvalue weighted by molar-refractivity contribution is -0.114. The van der Waals surface area contributed by atoms with Gasteiger partial charge in [0.25, 0.3) is 5.56 Å². The minimum Gasteiger partial charge on any atom is -0.339 e. The predicted molar refractivity (Wildman–Crippen MR) is 76.3 cm³/mol. The number of nitrogens with one attached hydrogen (secondary N) is 2. The fraction of sp³-hybridized carbons (Fsp3) is 0.250. The summed E-state index contributed by atoms with van der Waals surface area (Å²) in [6.45, 7) is 1.39. The Morgan fingerprint density at radius 3 is 2.84 bits per heavy atom. The molecule has 0 aliphatic carbocycles. The number of hydrogen-bond acceptors (Lipinski definition) is 4. The molecule has 2 rings (SSSR count). The number of carbonyl (C=O) groups excluding carboxylic acids is 1. The van der Waals surface area contributed by atoms with Gasteiger partial charge >= 0.3 is 0 Å². The van der Waals surface area contributed by atoms with Gasteiger partial charge in [0, 0.05) is 27.2 Å². The third-order valence-corrected chi connectivity index (χ3v) is 3.40. The van der Waals surface area contributed by atoms with E-state index in [9.17, 15) is 9.59 Å². The number of rotatable bonds is 2. The standard InChI is InChI=1S/C12H14N4O2S/c1-8(17)13-11-9(12(18)16(3)14-11)4-5-10-15(2)6-7-19-10/h4,6-7,14H,1-3H3,(H,13,17).